The first-order valence-electron chi connectivity index (χ1n) is 9.04. The van der Waals surface area contributed by atoms with E-state index in [0.717, 1.165) is 0 Å². The molecule has 0 aromatic rings. The highest BCUT2D eigenvalue weighted by molar-refractivity contribution is 4.82. The molecule has 114 valence electrons. The van der Waals surface area contributed by atoms with Crippen molar-refractivity contribution in [1.29, 1.82) is 0 Å². The van der Waals surface area contributed by atoms with E-state index in [1.807, 2.05) is 0 Å². The van der Waals surface area contributed by atoms with Crippen LogP contribution in [0.2, 0.25) is 0 Å². The van der Waals surface area contributed by atoms with Crippen LogP contribution in [0.1, 0.15) is 104 Å². The molecule has 2 unspecified atom stereocenters. The zero-order valence-electron chi connectivity index (χ0n) is 13.5. The van der Waals surface area contributed by atoms with E-state index >= 15 is 0 Å². The molecule has 2 atom stereocenters. The van der Waals surface area contributed by atoms with Crippen molar-refractivity contribution in [3.63, 3.8) is 0 Å². The van der Waals surface area contributed by atoms with Gasteiger partial charge in [-0.25, -0.2) is 0 Å². The Morgan fingerprint density at radius 3 is 1.47 bits per heavy atom. The monoisotopic (exact) mass is 268 g/mol. The third-order valence-corrected chi connectivity index (χ3v) is 4.43. The van der Waals surface area contributed by atoms with Gasteiger partial charge in [0.25, 0.3) is 0 Å². The van der Waals surface area contributed by atoms with Gasteiger partial charge in [0.1, 0.15) is 0 Å². The molecule has 1 aliphatic heterocycles. The summed E-state index contributed by atoms with van der Waals surface area (Å²) >= 11 is 0. The van der Waals surface area contributed by atoms with Crippen LogP contribution in [0.15, 0.2) is 0 Å². The summed E-state index contributed by atoms with van der Waals surface area (Å²) in [5, 5.41) is 0. The second-order valence-corrected chi connectivity index (χ2v) is 6.30. The Balaban J connectivity index is 1.65. The Bertz CT molecular complexity index is 190. The summed E-state index contributed by atoms with van der Waals surface area (Å²) in [7, 11) is 0. The van der Waals surface area contributed by atoms with E-state index in [-0.39, 0.29) is 0 Å². The van der Waals surface area contributed by atoms with Gasteiger partial charge in [-0.15, -0.1) is 0 Å². The molecule has 0 aliphatic carbocycles. The number of hydrogen-bond donors (Lipinski definition) is 0. The normalized spacial score (nSPS) is 21.8. The largest absolute Gasteiger partial charge is 0.370 e. The summed E-state index contributed by atoms with van der Waals surface area (Å²) in [4.78, 5) is 0. The third kappa shape index (κ3) is 9.49. The zero-order valence-corrected chi connectivity index (χ0v) is 13.5. The molecule has 1 heteroatoms. The van der Waals surface area contributed by atoms with E-state index in [1.165, 1.54) is 89.9 Å². The van der Waals surface area contributed by atoms with Gasteiger partial charge in [0.2, 0.25) is 0 Å². The van der Waals surface area contributed by atoms with Crippen LogP contribution in [0, 0.1) is 0 Å². The second kappa shape index (κ2) is 11.8. The number of epoxide rings is 1. The van der Waals surface area contributed by atoms with E-state index in [9.17, 15) is 0 Å². The van der Waals surface area contributed by atoms with Gasteiger partial charge in [-0.05, 0) is 12.8 Å². The lowest BCUT2D eigenvalue weighted by molar-refractivity contribution is 0.355. The van der Waals surface area contributed by atoms with Crippen LogP contribution in [0.5, 0.6) is 0 Å². The number of rotatable bonds is 14. The molecule has 0 aromatic heterocycles. The van der Waals surface area contributed by atoms with Gasteiger partial charge in [0.15, 0.2) is 0 Å². The van der Waals surface area contributed by atoms with Crippen molar-refractivity contribution < 1.29 is 4.74 Å². The average Bonchev–Trinajstić information content (AvgIpc) is 3.19. The first-order valence-corrected chi connectivity index (χ1v) is 9.04. The Hall–Kier alpha value is -0.0400. The summed E-state index contributed by atoms with van der Waals surface area (Å²) in [5.74, 6) is 0. The highest BCUT2D eigenvalue weighted by Crippen LogP contribution is 2.29. The highest BCUT2D eigenvalue weighted by Gasteiger charge is 2.35. The molecule has 0 bridgehead atoms. The Morgan fingerprint density at radius 1 is 0.579 bits per heavy atom. The number of ether oxygens (including phenoxy) is 1. The van der Waals surface area contributed by atoms with Gasteiger partial charge in [-0.3, -0.25) is 0 Å². The van der Waals surface area contributed by atoms with Gasteiger partial charge in [-0.1, -0.05) is 90.9 Å². The van der Waals surface area contributed by atoms with E-state index in [4.69, 9.17) is 4.74 Å². The van der Waals surface area contributed by atoms with Crippen molar-refractivity contribution in [3.8, 4) is 0 Å². The summed E-state index contributed by atoms with van der Waals surface area (Å²) in [6, 6.07) is 0. The lowest BCUT2D eigenvalue weighted by atomic mass is 10.0. The van der Waals surface area contributed by atoms with E-state index in [0.29, 0.717) is 12.2 Å². The van der Waals surface area contributed by atoms with E-state index in [2.05, 4.69) is 13.8 Å². The molecule has 1 saturated heterocycles. The third-order valence-electron chi connectivity index (χ3n) is 4.43. The number of unbranched alkanes of at least 4 members (excludes halogenated alkanes) is 11. The molecule has 0 aromatic carbocycles. The Morgan fingerprint density at radius 2 is 1.05 bits per heavy atom. The first-order chi connectivity index (χ1) is 9.38. The van der Waals surface area contributed by atoms with Gasteiger partial charge >= 0.3 is 0 Å². The highest BCUT2D eigenvalue weighted by atomic mass is 16.6. The van der Waals surface area contributed by atoms with Crippen LogP contribution >= 0.6 is 0 Å². The topological polar surface area (TPSA) is 12.5 Å². The molecule has 19 heavy (non-hydrogen) atoms. The lowest BCUT2D eigenvalue weighted by Gasteiger charge is -2.02. The first kappa shape index (κ1) is 17.0. The fourth-order valence-electron chi connectivity index (χ4n) is 2.98. The van der Waals surface area contributed by atoms with Gasteiger partial charge < -0.3 is 4.74 Å². The molecular formula is C18H36O. The minimum atomic E-state index is 0.618. The Labute approximate surface area is 121 Å². The standard InChI is InChI=1S/C18H36O/c1-3-5-6-7-8-9-10-11-12-13-14-15-16-18-17(4-2)19-18/h17-18H,3-16H2,1-2H3. The molecule has 1 aliphatic rings. The van der Waals surface area contributed by atoms with Crippen LogP contribution in [-0.2, 0) is 4.74 Å². The van der Waals surface area contributed by atoms with Gasteiger partial charge in [0, 0.05) is 0 Å². The lowest BCUT2D eigenvalue weighted by Crippen LogP contribution is -1.92. The summed E-state index contributed by atoms with van der Waals surface area (Å²) in [6.07, 6.45) is 21.1. The maximum atomic E-state index is 5.57. The van der Waals surface area contributed by atoms with Crippen molar-refractivity contribution in [2.24, 2.45) is 0 Å². The van der Waals surface area contributed by atoms with Crippen molar-refractivity contribution in [1.82, 2.24) is 0 Å². The fourth-order valence-corrected chi connectivity index (χ4v) is 2.98. The van der Waals surface area contributed by atoms with Crippen LogP contribution in [-0.4, -0.2) is 12.2 Å². The fraction of sp³-hybridized carbons (Fsp3) is 1.00. The second-order valence-electron chi connectivity index (χ2n) is 6.30. The average molecular weight is 268 g/mol. The molecule has 1 rings (SSSR count). The predicted octanol–water partition coefficient (Wildman–Crippen LogP) is 6.26. The predicted molar refractivity (Wildman–Crippen MR) is 84.6 cm³/mol. The number of hydrogen-bond acceptors (Lipinski definition) is 1. The Kier molecular flexibility index (Phi) is 10.5. The summed E-state index contributed by atoms with van der Waals surface area (Å²) < 4.78 is 5.57. The molecular weight excluding hydrogens is 232 g/mol. The van der Waals surface area contributed by atoms with E-state index < -0.39 is 0 Å². The minimum Gasteiger partial charge on any atom is -0.370 e. The van der Waals surface area contributed by atoms with Crippen molar-refractivity contribution in [2.75, 3.05) is 0 Å². The van der Waals surface area contributed by atoms with Crippen molar-refractivity contribution in [2.45, 2.75) is 116 Å². The molecule has 0 radical (unpaired) electrons. The van der Waals surface area contributed by atoms with Gasteiger partial charge in [0.05, 0.1) is 12.2 Å². The van der Waals surface area contributed by atoms with Crippen LogP contribution in [0.3, 0.4) is 0 Å². The zero-order chi connectivity index (χ0) is 13.8. The van der Waals surface area contributed by atoms with Crippen LogP contribution in [0.4, 0.5) is 0 Å². The quantitative estimate of drug-likeness (QED) is 0.268. The van der Waals surface area contributed by atoms with E-state index in [1.54, 1.807) is 0 Å². The maximum absolute atomic E-state index is 5.57. The SMILES string of the molecule is CCCCCCCCCCCCCCC1OC1CC. The van der Waals surface area contributed by atoms with Crippen LogP contribution < -0.4 is 0 Å². The van der Waals surface area contributed by atoms with Crippen LogP contribution in [0.25, 0.3) is 0 Å². The van der Waals surface area contributed by atoms with Gasteiger partial charge in [-0.2, -0.15) is 0 Å². The molecule has 0 N–H and O–H groups in total. The summed E-state index contributed by atoms with van der Waals surface area (Å²) in [5.41, 5.74) is 0. The smallest absolute Gasteiger partial charge is 0.0841 e. The molecule has 1 fully saturated rings. The summed E-state index contributed by atoms with van der Waals surface area (Å²) in [6.45, 7) is 4.52. The van der Waals surface area contributed by atoms with Crippen molar-refractivity contribution in [3.05, 3.63) is 0 Å². The van der Waals surface area contributed by atoms with Crippen molar-refractivity contribution >= 4 is 0 Å². The maximum Gasteiger partial charge on any atom is 0.0841 e. The molecule has 1 nitrogen and oxygen atoms in total. The molecule has 0 amide bonds. The molecule has 1 heterocycles. The molecule has 0 saturated carbocycles. The minimum absolute atomic E-state index is 0.618. The molecule has 0 spiro atoms.